The van der Waals surface area contributed by atoms with Crippen LogP contribution in [0.25, 0.3) is 0 Å². The minimum atomic E-state index is -0.426. The molecule has 2 atom stereocenters. The SMILES string of the molecule is COc1cccc2c1C1=NN(C(C)=O)C(c3ccc([N+](=O)[O-])cc3)C1CC2. The average Bonchev–Trinajstić information content (AvgIpc) is 3.07. The number of aryl methyl sites for hydroxylation is 1. The van der Waals surface area contributed by atoms with Gasteiger partial charge in [-0.2, -0.15) is 5.10 Å². The molecule has 0 saturated carbocycles. The maximum atomic E-state index is 12.3. The number of fused-ring (bicyclic) bond motifs is 3. The normalized spacial score (nSPS) is 20.5. The quantitative estimate of drug-likeness (QED) is 0.616. The van der Waals surface area contributed by atoms with Crippen LogP contribution in [-0.4, -0.2) is 28.7 Å². The molecule has 2 aromatic carbocycles. The predicted octanol–water partition coefficient (Wildman–Crippen LogP) is 3.47. The molecule has 138 valence electrons. The summed E-state index contributed by atoms with van der Waals surface area (Å²) in [5, 5.41) is 17.1. The maximum Gasteiger partial charge on any atom is 0.269 e. The molecule has 0 bridgehead atoms. The van der Waals surface area contributed by atoms with Crippen LogP contribution in [0, 0.1) is 16.0 Å². The number of carbonyl (C=O) groups excluding carboxylic acids is 1. The van der Waals surface area contributed by atoms with Crippen LogP contribution in [0.4, 0.5) is 5.69 Å². The second kappa shape index (κ2) is 6.50. The molecule has 27 heavy (non-hydrogen) atoms. The third-order valence-corrected chi connectivity index (χ3v) is 5.29. The Labute approximate surface area is 156 Å². The Balaban J connectivity index is 1.79. The molecular weight excluding hydrogens is 346 g/mol. The third kappa shape index (κ3) is 2.75. The van der Waals surface area contributed by atoms with Gasteiger partial charge in [-0.05, 0) is 30.0 Å². The first-order chi connectivity index (χ1) is 13.0. The first-order valence-corrected chi connectivity index (χ1v) is 8.80. The number of methoxy groups -OCH3 is 1. The van der Waals surface area contributed by atoms with E-state index in [0.717, 1.165) is 41.0 Å². The van der Waals surface area contributed by atoms with Crippen LogP contribution in [0.3, 0.4) is 0 Å². The minimum Gasteiger partial charge on any atom is -0.496 e. The molecule has 0 aromatic heterocycles. The fraction of sp³-hybridized carbons (Fsp3) is 0.300. The minimum absolute atomic E-state index is 0.0270. The van der Waals surface area contributed by atoms with Gasteiger partial charge in [0.2, 0.25) is 5.91 Å². The topological polar surface area (TPSA) is 85.0 Å². The molecule has 2 aliphatic rings. The maximum absolute atomic E-state index is 12.3. The van der Waals surface area contributed by atoms with Crippen molar-refractivity contribution in [2.75, 3.05) is 7.11 Å². The number of benzene rings is 2. The third-order valence-electron chi connectivity index (χ3n) is 5.29. The molecule has 7 heteroatoms. The summed E-state index contributed by atoms with van der Waals surface area (Å²) in [6.07, 6.45) is 1.72. The lowest BCUT2D eigenvalue weighted by Gasteiger charge is -2.29. The molecule has 0 radical (unpaired) electrons. The van der Waals surface area contributed by atoms with Crippen molar-refractivity contribution in [3.8, 4) is 5.75 Å². The lowest BCUT2D eigenvalue weighted by Crippen LogP contribution is -2.31. The summed E-state index contributed by atoms with van der Waals surface area (Å²) in [4.78, 5) is 22.8. The van der Waals surface area contributed by atoms with Gasteiger partial charge in [0.25, 0.3) is 5.69 Å². The number of ether oxygens (including phenoxy) is 1. The van der Waals surface area contributed by atoms with Gasteiger partial charge in [-0.15, -0.1) is 0 Å². The number of nitro benzene ring substituents is 1. The summed E-state index contributed by atoms with van der Waals surface area (Å²) in [6, 6.07) is 12.0. The molecule has 1 aliphatic carbocycles. The Bertz CT molecular complexity index is 938. The molecule has 0 saturated heterocycles. The van der Waals surface area contributed by atoms with Gasteiger partial charge in [0.15, 0.2) is 0 Å². The van der Waals surface area contributed by atoms with Crippen molar-refractivity contribution in [1.29, 1.82) is 0 Å². The van der Waals surface area contributed by atoms with Crippen LogP contribution in [0.15, 0.2) is 47.6 Å². The summed E-state index contributed by atoms with van der Waals surface area (Å²) in [5.41, 5.74) is 3.86. The number of nitrogens with zero attached hydrogens (tertiary/aromatic N) is 3. The van der Waals surface area contributed by atoms with E-state index in [2.05, 4.69) is 11.2 Å². The summed E-state index contributed by atoms with van der Waals surface area (Å²) in [6.45, 7) is 1.49. The summed E-state index contributed by atoms with van der Waals surface area (Å²) < 4.78 is 5.54. The van der Waals surface area contributed by atoms with E-state index in [9.17, 15) is 14.9 Å². The van der Waals surface area contributed by atoms with Crippen molar-refractivity contribution in [2.24, 2.45) is 11.0 Å². The van der Waals surface area contributed by atoms with Crippen molar-refractivity contribution in [1.82, 2.24) is 5.01 Å². The van der Waals surface area contributed by atoms with E-state index in [0.29, 0.717) is 0 Å². The second-order valence-electron chi connectivity index (χ2n) is 6.78. The van der Waals surface area contributed by atoms with E-state index in [4.69, 9.17) is 4.74 Å². The van der Waals surface area contributed by atoms with Gasteiger partial charge in [0, 0.05) is 30.5 Å². The van der Waals surface area contributed by atoms with Gasteiger partial charge in [0.1, 0.15) is 5.75 Å². The largest absolute Gasteiger partial charge is 0.496 e. The Hall–Kier alpha value is -3.22. The zero-order valence-electron chi connectivity index (χ0n) is 15.1. The Morgan fingerprint density at radius 1 is 1.26 bits per heavy atom. The highest BCUT2D eigenvalue weighted by atomic mass is 16.6. The lowest BCUT2D eigenvalue weighted by molar-refractivity contribution is -0.384. The summed E-state index contributed by atoms with van der Waals surface area (Å²) >= 11 is 0. The van der Waals surface area contributed by atoms with Gasteiger partial charge in [-0.3, -0.25) is 14.9 Å². The molecule has 7 nitrogen and oxygen atoms in total. The molecule has 1 heterocycles. The van der Waals surface area contributed by atoms with E-state index >= 15 is 0 Å². The zero-order chi connectivity index (χ0) is 19.1. The summed E-state index contributed by atoms with van der Waals surface area (Å²) in [5.74, 6) is 0.625. The molecule has 0 N–H and O–H groups in total. The van der Waals surface area contributed by atoms with Crippen molar-refractivity contribution < 1.29 is 14.5 Å². The van der Waals surface area contributed by atoms with Crippen LogP contribution >= 0.6 is 0 Å². The van der Waals surface area contributed by atoms with Crippen molar-refractivity contribution in [2.45, 2.75) is 25.8 Å². The highest BCUT2D eigenvalue weighted by Gasteiger charge is 2.44. The average molecular weight is 365 g/mol. The van der Waals surface area contributed by atoms with E-state index in [-0.39, 0.29) is 23.6 Å². The van der Waals surface area contributed by atoms with Crippen molar-refractivity contribution in [3.63, 3.8) is 0 Å². The van der Waals surface area contributed by atoms with Crippen LogP contribution in [-0.2, 0) is 11.2 Å². The molecule has 2 unspecified atom stereocenters. The first-order valence-electron chi connectivity index (χ1n) is 8.80. The monoisotopic (exact) mass is 365 g/mol. The van der Waals surface area contributed by atoms with E-state index in [1.807, 2.05) is 12.1 Å². The van der Waals surface area contributed by atoms with Crippen LogP contribution in [0.5, 0.6) is 5.75 Å². The fourth-order valence-electron chi connectivity index (χ4n) is 4.09. The van der Waals surface area contributed by atoms with E-state index < -0.39 is 4.92 Å². The first kappa shape index (κ1) is 17.2. The van der Waals surface area contributed by atoms with Crippen LogP contribution in [0.2, 0.25) is 0 Å². The lowest BCUT2D eigenvalue weighted by atomic mass is 9.77. The molecule has 1 aliphatic heterocycles. The van der Waals surface area contributed by atoms with Crippen molar-refractivity contribution >= 4 is 17.3 Å². The van der Waals surface area contributed by atoms with Gasteiger partial charge >= 0.3 is 0 Å². The highest BCUT2D eigenvalue weighted by Crippen LogP contribution is 2.45. The Kier molecular flexibility index (Phi) is 4.14. The number of carbonyl (C=O) groups is 1. The molecule has 2 aromatic rings. The fourth-order valence-corrected chi connectivity index (χ4v) is 4.09. The molecule has 1 amide bonds. The molecule has 0 fully saturated rings. The van der Waals surface area contributed by atoms with Gasteiger partial charge < -0.3 is 4.74 Å². The number of non-ortho nitro benzene ring substituents is 1. The Morgan fingerprint density at radius 2 is 2.00 bits per heavy atom. The standard InChI is InChI=1S/C20H19N3O4/c1-12(24)22-20(14-6-9-15(10-7-14)23(25)26)16-11-8-13-4-3-5-17(27-2)18(13)19(16)21-22/h3-7,9-10,16,20H,8,11H2,1-2H3. The number of nitro groups is 1. The number of amides is 1. The smallest absolute Gasteiger partial charge is 0.269 e. The highest BCUT2D eigenvalue weighted by molar-refractivity contribution is 6.08. The van der Waals surface area contributed by atoms with E-state index in [1.54, 1.807) is 19.2 Å². The number of hydrazone groups is 1. The zero-order valence-corrected chi connectivity index (χ0v) is 15.1. The number of hydrogen-bond acceptors (Lipinski definition) is 5. The van der Waals surface area contributed by atoms with Gasteiger partial charge in [-0.1, -0.05) is 24.3 Å². The molecule has 0 spiro atoms. The van der Waals surface area contributed by atoms with Gasteiger partial charge in [-0.25, -0.2) is 5.01 Å². The van der Waals surface area contributed by atoms with Crippen molar-refractivity contribution in [3.05, 3.63) is 69.3 Å². The Morgan fingerprint density at radius 3 is 2.63 bits per heavy atom. The number of rotatable bonds is 3. The predicted molar refractivity (Wildman–Crippen MR) is 99.7 cm³/mol. The van der Waals surface area contributed by atoms with Crippen LogP contribution < -0.4 is 4.74 Å². The van der Waals surface area contributed by atoms with Gasteiger partial charge in [0.05, 0.1) is 23.8 Å². The molecule has 4 rings (SSSR count). The summed E-state index contributed by atoms with van der Waals surface area (Å²) in [7, 11) is 1.63. The second-order valence-corrected chi connectivity index (χ2v) is 6.78. The van der Waals surface area contributed by atoms with E-state index in [1.165, 1.54) is 24.1 Å². The molecular formula is C20H19N3O4. The van der Waals surface area contributed by atoms with Crippen LogP contribution in [0.1, 0.15) is 36.1 Å². The number of hydrogen-bond donors (Lipinski definition) is 0.